The topological polar surface area (TPSA) is 98.5 Å². The average molecular weight is 317 g/mol. The van der Waals surface area contributed by atoms with Crippen molar-refractivity contribution in [3.8, 4) is 0 Å². The highest BCUT2D eigenvalue weighted by Crippen LogP contribution is 1.96. The Morgan fingerprint density at radius 1 is 0.826 bits per heavy atom. The van der Waals surface area contributed by atoms with Crippen LogP contribution >= 0.6 is 0 Å². The monoisotopic (exact) mass is 318 g/mol. The molecule has 0 aliphatic rings. The number of hydrogen-bond donors (Lipinski definition) is 4. The third kappa shape index (κ3) is 9.17. The van der Waals surface area contributed by atoms with E-state index in [2.05, 4.69) is 20.9 Å². The lowest BCUT2D eigenvalue weighted by atomic mass is 9.54. The van der Waals surface area contributed by atoms with Crippen molar-refractivity contribution in [2.75, 3.05) is 26.3 Å². The molecule has 0 atom stereocenters. The summed E-state index contributed by atoms with van der Waals surface area (Å²) in [7, 11) is 11.5. The Bertz CT molecular complexity index is 372. The molecule has 0 aliphatic heterocycles. The van der Waals surface area contributed by atoms with Gasteiger partial charge < -0.3 is 25.8 Å². The van der Waals surface area contributed by atoms with Gasteiger partial charge in [-0.3, -0.25) is 0 Å². The van der Waals surface area contributed by atoms with Gasteiger partial charge in [-0.2, -0.15) is 0 Å². The maximum Gasteiger partial charge on any atom is 0.163 e. The molecule has 0 aromatic carbocycles. The minimum atomic E-state index is -0.309. The molecular formula is C10H28B6N4O3. The Labute approximate surface area is 144 Å². The second kappa shape index (κ2) is 10.9. The van der Waals surface area contributed by atoms with Crippen LogP contribution in [0.1, 0.15) is 12.8 Å². The molecule has 0 unspecified atom stereocenters. The van der Waals surface area contributed by atoms with Gasteiger partial charge in [0.05, 0.1) is 0 Å². The van der Waals surface area contributed by atoms with Gasteiger partial charge in [-0.05, 0) is 36.6 Å². The van der Waals surface area contributed by atoms with Gasteiger partial charge in [-0.15, -0.1) is 10.3 Å². The van der Waals surface area contributed by atoms with Crippen LogP contribution in [0, 0.1) is 0 Å². The molecule has 0 aromatic rings. The predicted octanol–water partition coefficient (Wildman–Crippen LogP) is -6.36. The second-order valence-electron chi connectivity index (χ2n) is 6.79. The van der Waals surface area contributed by atoms with E-state index in [0.29, 0.717) is 24.4 Å². The van der Waals surface area contributed by atoms with Gasteiger partial charge >= 0.3 is 0 Å². The molecule has 13 heteroatoms. The molecular weight excluding hydrogens is 289 g/mol. The van der Waals surface area contributed by atoms with Crippen molar-refractivity contribution in [1.82, 2.24) is 10.6 Å². The lowest BCUT2D eigenvalue weighted by Gasteiger charge is -2.26. The van der Waals surface area contributed by atoms with Crippen LogP contribution in [0.15, 0.2) is 10.3 Å². The standard InChI is InChI=1S/C10H28B6N4O3/c11-7(19-21)9(13,14)17-3-1-5-23-6-2-4-18-10(15,16)8(12)20-22/h17-18,21-22H,1-6,11-16H2/b19-7-,20-8-. The number of nitrogens with one attached hydrogen (secondary N) is 2. The SMILES string of the molecule is B/C(=N\O)C(B)(B)NCCCOCCCNC(B)(B)/C(B)=N/O. The van der Waals surface area contributed by atoms with Crippen molar-refractivity contribution in [1.29, 1.82) is 0 Å². The summed E-state index contributed by atoms with van der Waals surface area (Å²) in [6.07, 6.45) is 1.80. The van der Waals surface area contributed by atoms with Crippen LogP contribution in [0.4, 0.5) is 0 Å². The van der Waals surface area contributed by atoms with E-state index in [0.717, 1.165) is 25.9 Å². The fourth-order valence-corrected chi connectivity index (χ4v) is 1.76. The third-order valence-electron chi connectivity index (χ3n) is 4.17. The Morgan fingerprint density at radius 2 is 1.17 bits per heavy atom. The molecule has 0 fully saturated rings. The zero-order valence-electron chi connectivity index (χ0n) is 15.4. The smallest absolute Gasteiger partial charge is 0.163 e. The van der Waals surface area contributed by atoms with Crippen LogP contribution in [0.3, 0.4) is 0 Å². The number of ether oxygens (including phenoxy) is 1. The average Bonchev–Trinajstić information content (AvgIpc) is 2.51. The van der Waals surface area contributed by atoms with Crippen LogP contribution in [-0.2, 0) is 4.74 Å². The molecule has 0 amide bonds. The van der Waals surface area contributed by atoms with Gasteiger partial charge in [0.25, 0.3) is 0 Å². The van der Waals surface area contributed by atoms with Gasteiger partial charge in [0, 0.05) is 24.4 Å². The van der Waals surface area contributed by atoms with Crippen molar-refractivity contribution < 1.29 is 15.2 Å². The first-order valence-electron chi connectivity index (χ1n) is 8.13. The molecule has 0 heterocycles. The number of hydrogen-bond acceptors (Lipinski definition) is 7. The molecule has 0 saturated carbocycles. The number of rotatable bonds is 12. The second-order valence-corrected chi connectivity index (χ2v) is 6.79. The van der Waals surface area contributed by atoms with Crippen molar-refractivity contribution in [3.63, 3.8) is 0 Å². The summed E-state index contributed by atoms with van der Waals surface area (Å²) in [5.74, 6) is 0. The van der Waals surface area contributed by atoms with E-state index in [4.69, 9.17) is 15.2 Å². The lowest BCUT2D eigenvalue weighted by molar-refractivity contribution is 0.129. The van der Waals surface area contributed by atoms with Crippen molar-refractivity contribution in [2.24, 2.45) is 10.3 Å². The highest BCUT2D eigenvalue weighted by molar-refractivity contribution is 6.74. The molecule has 0 bridgehead atoms. The van der Waals surface area contributed by atoms with E-state index in [1.54, 1.807) is 15.7 Å². The van der Waals surface area contributed by atoms with Gasteiger partial charge in [-0.25, -0.2) is 0 Å². The van der Waals surface area contributed by atoms with Crippen LogP contribution in [0.2, 0.25) is 0 Å². The quantitative estimate of drug-likeness (QED) is 0.0944. The summed E-state index contributed by atoms with van der Waals surface area (Å²) in [5.41, 5.74) is 1.32. The lowest BCUT2D eigenvalue weighted by Crippen LogP contribution is -2.54. The number of oxime groups is 2. The van der Waals surface area contributed by atoms with Crippen molar-refractivity contribution >= 4 is 58.3 Å². The van der Waals surface area contributed by atoms with E-state index in [-0.39, 0.29) is 10.7 Å². The molecule has 0 rings (SSSR count). The predicted molar refractivity (Wildman–Crippen MR) is 111 cm³/mol. The maximum atomic E-state index is 8.80. The normalized spacial score (nSPS) is 14.1. The molecule has 0 aliphatic carbocycles. The Balaban J connectivity index is 3.65. The first-order valence-corrected chi connectivity index (χ1v) is 8.13. The highest BCUT2D eigenvalue weighted by atomic mass is 16.5. The zero-order valence-corrected chi connectivity index (χ0v) is 15.4. The summed E-state index contributed by atoms with van der Waals surface area (Å²) in [6, 6.07) is 0. The molecule has 23 heavy (non-hydrogen) atoms. The fraction of sp³-hybridized carbons (Fsp3) is 0.800. The molecule has 7 nitrogen and oxygen atoms in total. The Kier molecular flexibility index (Phi) is 10.5. The van der Waals surface area contributed by atoms with E-state index in [1.807, 2.05) is 31.4 Å². The minimum absolute atomic E-state index is 0.309. The summed E-state index contributed by atoms with van der Waals surface area (Å²) in [5, 5.41) is 30.1. The molecule has 124 valence electrons. The fourth-order valence-electron chi connectivity index (χ4n) is 1.76. The van der Waals surface area contributed by atoms with E-state index < -0.39 is 0 Å². The molecule has 0 spiro atoms. The molecule has 4 N–H and O–H groups in total. The van der Waals surface area contributed by atoms with Gasteiger partial charge in [-0.1, -0.05) is 0 Å². The van der Waals surface area contributed by atoms with E-state index >= 15 is 0 Å². The molecule has 0 aromatic heterocycles. The number of nitrogens with zero attached hydrogens (tertiary/aromatic N) is 2. The van der Waals surface area contributed by atoms with E-state index in [9.17, 15) is 0 Å². The Hall–Kier alpha value is -0.790. The maximum absolute atomic E-state index is 8.80. The highest BCUT2D eigenvalue weighted by Gasteiger charge is 2.21. The third-order valence-corrected chi connectivity index (χ3v) is 4.17. The first kappa shape index (κ1) is 22.2. The molecule has 0 radical (unpaired) electrons. The van der Waals surface area contributed by atoms with Crippen LogP contribution in [0.25, 0.3) is 0 Å². The Morgan fingerprint density at radius 3 is 1.48 bits per heavy atom. The summed E-state index contributed by atoms with van der Waals surface area (Å²) < 4.78 is 5.60. The summed E-state index contributed by atoms with van der Waals surface area (Å²) in [6.45, 7) is 2.99. The van der Waals surface area contributed by atoms with Gasteiger partial charge in [0.2, 0.25) is 0 Å². The van der Waals surface area contributed by atoms with E-state index in [1.165, 1.54) is 0 Å². The first-order chi connectivity index (χ1) is 10.7. The van der Waals surface area contributed by atoms with Crippen molar-refractivity contribution in [3.05, 3.63) is 0 Å². The summed E-state index contributed by atoms with van der Waals surface area (Å²) >= 11 is 0. The largest absolute Gasteiger partial charge is 0.412 e. The van der Waals surface area contributed by atoms with Gasteiger partial charge in [0.1, 0.15) is 31.4 Å². The van der Waals surface area contributed by atoms with Crippen LogP contribution in [0.5, 0.6) is 0 Å². The molecule has 0 saturated heterocycles. The van der Waals surface area contributed by atoms with Gasteiger partial charge in [0.15, 0.2) is 15.7 Å². The van der Waals surface area contributed by atoms with Crippen LogP contribution in [-0.4, -0.2) is 106 Å². The van der Waals surface area contributed by atoms with Crippen molar-refractivity contribution in [2.45, 2.75) is 23.5 Å². The zero-order chi connectivity index (χ0) is 17.9. The summed E-state index contributed by atoms with van der Waals surface area (Å²) in [4.78, 5) is 0. The van der Waals surface area contributed by atoms with Crippen LogP contribution < -0.4 is 10.6 Å². The minimum Gasteiger partial charge on any atom is -0.412 e.